The van der Waals surface area contributed by atoms with Gasteiger partial charge in [0.15, 0.2) is 11.5 Å². The molecule has 1 aliphatic rings. The number of piperidine rings is 1. The Balaban J connectivity index is 1.85. The summed E-state index contributed by atoms with van der Waals surface area (Å²) < 4.78 is 53.0. The monoisotopic (exact) mass is 672 g/mol. The molecule has 2 aromatic heterocycles. The van der Waals surface area contributed by atoms with E-state index in [-0.39, 0.29) is 47.2 Å². The van der Waals surface area contributed by atoms with E-state index >= 15 is 0 Å². The Morgan fingerprint density at radius 1 is 1.04 bits per heavy atom. The summed E-state index contributed by atoms with van der Waals surface area (Å²) in [5.74, 6) is -3.59. The zero-order chi connectivity index (χ0) is 35.4. The second kappa shape index (κ2) is 14.4. The van der Waals surface area contributed by atoms with Gasteiger partial charge in [-0.2, -0.15) is 13.2 Å². The predicted molar refractivity (Wildman–Crippen MR) is 170 cm³/mol. The quantitative estimate of drug-likeness (QED) is 0.286. The summed E-state index contributed by atoms with van der Waals surface area (Å²) in [4.78, 5) is 62.6. The molecule has 0 aliphatic carbocycles. The topological polar surface area (TPSA) is 136 Å². The molecule has 0 spiro atoms. The summed E-state index contributed by atoms with van der Waals surface area (Å²) >= 11 is 0. The van der Waals surface area contributed by atoms with Crippen molar-refractivity contribution in [3.8, 4) is 11.3 Å². The van der Waals surface area contributed by atoms with Gasteiger partial charge in [-0.05, 0) is 83.2 Å². The Morgan fingerprint density at radius 2 is 1.73 bits per heavy atom. The number of amides is 3. The summed E-state index contributed by atoms with van der Waals surface area (Å²) in [6, 6.07) is 8.48. The van der Waals surface area contributed by atoms with Gasteiger partial charge < -0.3 is 14.8 Å². The lowest BCUT2D eigenvalue weighted by atomic mass is 10.0. The Labute approximate surface area is 276 Å². The van der Waals surface area contributed by atoms with Gasteiger partial charge in [-0.3, -0.25) is 14.5 Å². The number of carbonyl (C=O) groups excluding carboxylic acids is 4. The van der Waals surface area contributed by atoms with Crippen LogP contribution in [0.2, 0.25) is 0 Å². The van der Waals surface area contributed by atoms with E-state index in [2.05, 4.69) is 15.3 Å². The summed E-state index contributed by atoms with van der Waals surface area (Å²) in [7, 11) is 0.864. The molecule has 15 heteroatoms. The van der Waals surface area contributed by atoms with Crippen molar-refractivity contribution in [3.05, 3.63) is 65.2 Å². The number of hydrogen-bond acceptors (Lipinski definition) is 8. The number of benzene rings is 1. The number of alkyl halides is 3. The second-order valence-corrected chi connectivity index (χ2v) is 12.1. The van der Waals surface area contributed by atoms with E-state index < -0.39 is 47.4 Å². The fourth-order valence-electron chi connectivity index (χ4n) is 5.28. The first-order chi connectivity index (χ1) is 22.6. The van der Waals surface area contributed by atoms with Gasteiger partial charge in [0.25, 0.3) is 5.91 Å². The predicted octanol–water partition coefficient (Wildman–Crippen LogP) is 6.06. The fraction of sp³-hybridized carbons (Fsp3) is 0.455. The Morgan fingerprint density at radius 3 is 2.33 bits per heavy atom. The lowest BCUT2D eigenvalue weighted by Gasteiger charge is -2.37. The number of carbonyl (C=O) groups is 4. The number of halogens is 3. The van der Waals surface area contributed by atoms with Gasteiger partial charge in [-0.1, -0.05) is 19.1 Å². The van der Waals surface area contributed by atoms with Crippen LogP contribution in [0, 0.1) is 0 Å². The zero-order valence-electron chi connectivity index (χ0n) is 27.7. The Hall–Kier alpha value is -4.95. The standard InChI is InChI=1S/C33H39F3N6O6/c1-7-20-16-17-37-24(19-20)38-28(43)22-14-12-21(13-15-22)25-26(29(44)47-8-2)42(40(6)30(45)33(34,35)36)27(39-25)23-11-9-10-18-41(23)31(46)48-32(3,4)5/h12-17,19,23H,7-11,18H2,1-6H3,(H,37,38,43)/t23-/m0/s1. The van der Waals surface area contributed by atoms with Crippen LogP contribution < -0.4 is 10.3 Å². The van der Waals surface area contributed by atoms with Gasteiger partial charge >= 0.3 is 24.1 Å². The highest BCUT2D eigenvalue weighted by molar-refractivity contribution is 6.04. The van der Waals surface area contributed by atoms with E-state index in [4.69, 9.17) is 9.47 Å². The lowest BCUT2D eigenvalue weighted by molar-refractivity contribution is -0.171. The van der Waals surface area contributed by atoms with E-state index in [1.54, 1.807) is 33.0 Å². The maximum atomic E-state index is 13.8. The van der Waals surface area contributed by atoms with Crippen LogP contribution >= 0.6 is 0 Å². The third-order valence-electron chi connectivity index (χ3n) is 7.51. The van der Waals surface area contributed by atoms with Crippen LogP contribution in [-0.4, -0.2) is 75.4 Å². The van der Waals surface area contributed by atoms with Crippen molar-refractivity contribution in [2.75, 3.05) is 30.5 Å². The highest BCUT2D eigenvalue weighted by Gasteiger charge is 2.45. The average Bonchev–Trinajstić information content (AvgIpc) is 3.44. The number of aryl methyl sites for hydroxylation is 1. The van der Waals surface area contributed by atoms with Crippen LogP contribution in [0.1, 0.15) is 92.2 Å². The summed E-state index contributed by atoms with van der Waals surface area (Å²) in [5, 5.41) is 2.97. The molecule has 1 saturated heterocycles. The number of pyridine rings is 1. The molecule has 1 aromatic carbocycles. The molecule has 3 aromatic rings. The molecule has 1 fully saturated rings. The van der Waals surface area contributed by atoms with Crippen molar-refractivity contribution >= 4 is 29.7 Å². The van der Waals surface area contributed by atoms with Crippen LogP contribution in [0.4, 0.5) is 23.8 Å². The molecule has 3 heterocycles. The van der Waals surface area contributed by atoms with Crippen LogP contribution in [0.3, 0.4) is 0 Å². The summed E-state index contributed by atoms with van der Waals surface area (Å²) in [5.41, 5.74) is 0.0111. The number of ether oxygens (including phenoxy) is 2. The van der Waals surface area contributed by atoms with Crippen LogP contribution in [0.25, 0.3) is 11.3 Å². The molecule has 258 valence electrons. The van der Waals surface area contributed by atoms with Gasteiger partial charge in [0, 0.05) is 30.9 Å². The molecule has 1 atom stereocenters. The molecule has 12 nitrogen and oxygen atoms in total. The largest absolute Gasteiger partial charge is 0.473 e. The highest BCUT2D eigenvalue weighted by Crippen LogP contribution is 2.36. The number of anilines is 1. The normalized spacial score (nSPS) is 15.1. The van der Waals surface area contributed by atoms with Crippen molar-refractivity contribution in [1.29, 1.82) is 0 Å². The van der Waals surface area contributed by atoms with Crippen LogP contribution in [0.5, 0.6) is 0 Å². The minimum Gasteiger partial charge on any atom is -0.461 e. The van der Waals surface area contributed by atoms with Gasteiger partial charge in [0.05, 0.1) is 12.6 Å². The first-order valence-electron chi connectivity index (χ1n) is 15.6. The van der Waals surface area contributed by atoms with E-state index in [1.807, 2.05) is 13.0 Å². The van der Waals surface area contributed by atoms with Crippen LogP contribution in [0.15, 0.2) is 42.6 Å². The third kappa shape index (κ3) is 8.12. The average molecular weight is 673 g/mol. The van der Waals surface area contributed by atoms with Crippen molar-refractivity contribution in [3.63, 3.8) is 0 Å². The van der Waals surface area contributed by atoms with Gasteiger partial charge in [0.1, 0.15) is 17.1 Å². The van der Waals surface area contributed by atoms with E-state index in [0.717, 1.165) is 23.7 Å². The lowest BCUT2D eigenvalue weighted by Crippen LogP contribution is -2.49. The number of likely N-dealkylation sites (tertiary alicyclic amines) is 1. The first-order valence-corrected chi connectivity index (χ1v) is 15.6. The minimum atomic E-state index is -5.31. The molecule has 4 rings (SSSR count). The second-order valence-electron chi connectivity index (χ2n) is 12.1. The molecule has 48 heavy (non-hydrogen) atoms. The molecule has 1 N–H and O–H groups in total. The van der Waals surface area contributed by atoms with Crippen molar-refractivity contribution in [2.45, 2.75) is 78.1 Å². The minimum absolute atomic E-state index is 0.107. The number of nitrogens with one attached hydrogen (secondary N) is 1. The van der Waals surface area contributed by atoms with E-state index in [0.29, 0.717) is 18.7 Å². The number of nitrogens with zero attached hydrogens (tertiary/aromatic N) is 5. The first kappa shape index (κ1) is 35.9. The number of imidazole rings is 1. The molecule has 1 aliphatic heterocycles. The fourth-order valence-corrected chi connectivity index (χ4v) is 5.28. The van der Waals surface area contributed by atoms with Crippen molar-refractivity contribution in [1.82, 2.24) is 19.5 Å². The van der Waals surface area contributed by atoms with Gasteiger partial charge in [-0.15, -0.1) is 0 Å². The maximum absolute atomic E-state index is 13.8. The summed E-state index contributed by atoms with van der Waals surface area (Å²) in [6.07, 6.45) is -2.26. The highest BCUT2D eigenvalue weighted by atomic mass is 19.4. The number of aromatic nitrogens is 3. The smallest absolute Gasteiger partial charge is 0.461 e. The Kier molecular flexibility index (Phi) is 10.8. The molecule has 3 amide bonds. The molecule has 0 bridgehead atoms. The number of esters is 1. The van der Waals surface area contributed by atoms with Crippen molar-refractivity contribution in [2.24, 2.45) is 0 Å². The summed E-state index contributed by atoms with van der Waals surface area (Å²) in [6.45, 7) is 8.61. The van der Waals surface area contributed by atoms with Gasteiger partial charge in [-0.25, -0.2) is 29.2 Å². The molecule has 0 unspecified atom stereocenters. The SMILES string of the molecule is CCOC(=O)c1c(-c2ccc(C(=O)Nc3cc(CC)ccn3)cc2)nc([C@@H]2CCCCN2C(=O)OC(C)(C)C)n1N(C)C(=O)C(F)(F)F. The van der Waals surface area contributed by atoms with Crippen LogP contribution in [-0.2, 0) is 20.7 Å². The number of hydrogen-bond donors (Lipinski definition) is 1. The van der Waals surface area contributed by atoms with Gasteiger partial charge in [0.2, 0.25) is 0 Å². The molecular weight excluding hydrogens is 633 g/mol. The molecule has 0 saturated carbocycles. The zero-order valence-corrected chi connectivity index (χ0v) is 27.7. The Bertz CT molecular complexity index is 1670. The molecule has 0 radical (unpaired) electrons. The number of rotatable bonds is 8. The maximum Gasteiger partial charge on any atom is 0.473 e. The van der Waals surface area contributed by atoms with Crippen molar-refractivity contribution < 1.29 is 41.8 Å². The van der Waals surface area contributed by atoms with E-state index in [9.17, 15) is 32.3 Å². The van der Waals surface area contributed by atoms with E-state index in [1.165, 1.54) is 36.1 Å². The molecular formula is C33H39F3N6O6. The third-order valence-corrected chi connectivity index (χ3v) is 7.51.